The lowest BCUT2D eigenvalue weighted by atomic mass is 10.1. The zero-order valence-electron chi connectivity index (χ0n) is 24.1. The van der Waals surface area contributed by atoms with Crippen LogP contribution in [0.1, 0.15) is 25.0 Å². The highest BCUT2D eigenvalue weighted by Crippen LogP contribution is 2.29. The third kappa shape index (κ3) is 7.35. The van der Waals surface area contributed by atoms with Crippen LogP contribution in [0.3, 0.4) is 0 Å². The highest BCUT2D eigenvalue weighted by molar-refractivity contribution is 7.92. The van der Waals surface area contributed by atoms with E-state index in [1.807, 2.05) is 0 Å². The predicted molar refractivity (Wildman–Crippen MR) is 157 cm³/mol. The van der Waals surface area contributed by atoms with Crippen LogP contribution < -0.4 is 19.1 Å². The predicted octanol–water partition coefficient (Wildman–Crippen LogP) is 3.67. The molecule has 3 rings (SSSR count). The summed E-state index contributed by atoms with van der Waals surface area (Å²) < 4.78 is 39.3. The molecule has 2 amide bonds. The number of aryl methyl sites for hydroxylation is 1. The summed E-state index contributed by atoms with van der Waals surface area (Å²) in [5.74, 6) is -0.0776. The lowest BCUT2D eigenvalue weighted by Gasteiger charge is -2.32. The Morgan fingerprint density at radius 2 is 1.67 bits per heavy atom. The number of ether oxygens (including phenoxy) is 2. The molecule has 12 nitrogen and oxygen atoms in total. The molecule has 0 saturated heterocycles. The van der Waals surface area contributed by atoms with Crippen molar-refractivity contribution in [2.24, 2.45) is 0 Å². The van der Waals surface area contributed by atoms with Crippen LogP contribution in [0, 0.1) is 17.0 Å². The van der Waals surface area contributed by atoms with Gasteiger partial charge in [-0.25, -0.2) is 8.42 Å². The summed E-state index contributed by atoms with van der Waals surface area (Å²) in [7, 11) is -1.53. The van der Waals surface area contributed by atoms with Crippen molar-refractivity contribution in [1.29, 1.82) is 0 Å². The summed E-state index contributed by atoms with van der Waals surface area (Å²) in [6.07, 6.45) is 0. The Balaban J connectivity index is 2.09. The average molecular weight is 599 g/mol. The first kappa shape index (κ1) is 31.9. The van der Waals surface area contributed by atoms with Crippen LogP contribution in [-0.4, -0.2) is 63.4 Å². The molecule has 0 aromatic heterocycles. The lowest BCUT2D eigenvalue weighted by Crippen LogP contribution is -2.51. The fourth-order valence-electron chi connectivity index (χ4n) is 4.22. The summed E-state index contributed by atoms with van der Waals surface area (Å²) >= 11 is 0. The van der Waals surface area contributed by atoms with Gasteiger partial charge < -0.3 is 19.7 Å². The standard InChI is InChI=1S/C29H34N4O8S/c1-6-30-29(35)21(3)31(18-22-8-7-9-25(16-22)41-5)28(34)19-32(23-11-13-24(40-4)14-12-23)42(38,39)26-15-10-20(2)27(17-26)33(36)37/h7-17,21H,6,18-19H2,1-5H3,(H,30,35)/t21-/m1/s1. The Hall–Kier alpha value is -4.65. The summed E-state index contributed by atoms with van der Waals surface area (Å²) in [6.45, 7) is 4.43. The quantitative estimate of drug-likeness (QED) is 0.231. The largest absolute Gasteiger partial charge is 0.497 e. The molecule has 1 atom stereocenters. The molecule has 0 heterocycles. The number of methoxy groups -OCH3 is 2. The first-order valence-electron chi connectivity index (χ1n) is 13.0. The number of benzene rings is 3. The summed E-state index contributed by atoms with van der Waals surface area (Å²) in [6, 6.07) is 15.6. The van der Waals surface area contributed by atoms with Gasteiger partial charge in [0.25, 0.3) is 15.7 Å². The number of amides is 2. The molecule has 0 bridgehead atoms. The van der Waals surface area contributed by atoms with Gasteiger partial charge in [0.05, 0.1) is 29.7 Å². The van der Waals surface area contributed by atoms with Crippen molar-refractivity contribution in [3.63, 3.8) is 0 Å². The van der Waals surface area contributed by atoms with E-state index in [2.05, 4.69) is 5.32 Å². The van der Waals surface area contributed by atoms with Gasteiger partial charge in [0, 0.05) is 24.7 Å². The molecule has 0 radical (unpaired) electrons. The van der Waals surface area contributed by atoms with E-state index in [1.165, 1.54) is 62.4 Å². The number of sulfonamides is 1. The maximum absolute atomic E-state index is 14.0. The van der Waals surface area contributed by atoms with Gasteiger partial charge in [-0.1, -0.05) is 18.2 Å². The molecule has 1 N–H and O–H groups in total. The van der Waals surface area contributed by atoms with Gasteiger partial charge in [-0.3, -0.25) is 24.0 Å². The number of carbonyl (C=O) groups excluding carboxylic acids is 2. The van der Waals surface area contributed by atoms with Gasteiger partial charge in [0.1, 0.15) is 24.1 Å². The monoisotopic (exact) mass is 598 g/mol. The summed E-state index contributed by atoms with van der Waals surface area (Å²) in [5, 5.41) is 14.3. The van der Waals surface area contributed by atoms with Crippen molar-refractivity contribution < 1.29 is 32.4 Å². The van der Waals surface area contributed by atoms with Crippen LogP contribution in [0.15, 0.2) is 71.6 Å². The van der Waals surface area contributed by atoms with Crippen molar-refractivity contribution in [2.75, 3.05) is 31.6 Å². The molecule has 224 valence electrons. The van der Waals surface area contributed by atoms with Crippen molar-refractivity contribution in [1.82, 2.24) is 10.2 Å². The SMILES string of the molecule is CCNC(=O)[C@@H](C)N(Cc1cccc(OC)c1)C(=O)CN(c1ccc(OC)cc1)S(=O)(=O)c1ccc(C)c([N+](=O)[O-])c1. The minimum Gasteiger partial charge on any atom is -0.497 e. The van der Waals surface area contributed by atoms with Crippen molar-refractivity contribution in [2.45, 2.75) is 38.3 Å². The smallest absolute Gasteiger partial charge is 0.273 e. The first-order valence-corrected chi connectivity index (χ1v) is 14.5. The number of rotatable bonds is 13. The van der Waals surface area contributed by atoms with Gasteiger partial charge in [0.15, 0.2) is 0 Å². The summed E-state index contributed by atoms with van der Waals surface area (Å²) in [4.78, 5) is 38.6. The molecule has 0 aliphatic carbocycles. The van der Waals surface area contributed by atoms with E-state index >= 15 is 0 Å². The highest BCUT2D eigenvalue weighted by Gasteiger charge is 2.33. The van der Waals surface area contributed by atoms with Crippen LogP contribution in [0.5, 0.6) is 11.5 Å². The Labute approximate surface area is 245 Å². The number of nitrogens with one attached hydrogen (secondary N) is 1. The molecule has 3 aromatic carbocycles. The van der Waals surface area contributed by atoms with E-state index in [0.717, 1.165) is 10.4 Å². The van der Waals surface area contributed by atoms with Crippen LogP contribution >= 0.6 is 0 Å². The van der Waals surface area contributed by atoms with Gasteiger partial charge in [-0.15, -0.1) is 0 Å². The normalized spacial score (nSPS) is 11.7. The first-order chi connectivity index (χ1) is 19.9. The number of likely N-dealkylation sites (N-methyl/N-ethyl adjacent to an activating group) is 1. The van der Waals surface area contributed by atoms with Gasteiger partial charge >= 0.3 is 0 Å². The number of hydrogen-bond acceptors (Lipinski definition) is 8. The van der Waals surface area contributed by atoms with Crippen LogP contribution in [0.4, 0.5) is 11.4 Å². The fourth-order valence-corrected chi connectivity index (χ4v) is 5.66. The molecule has 0 unspecified atom stereocenters. The van der Waals surface area contributed by atoms with Crippen molar-refractivity contribution in [3.05, 3.63) is 88.0 Å². The number of carbonyl (C=O) groups is 2. The molecule has 13 heteroatoms. The van der Waals surface area contributed by atoms with Gasteiger partial charge in [0.2, 0.25) is 11.8 Å². The Morgan fingerprint density at radius 3 is 2.26 bits per heavy atom. The van der Waals surface area contributed by atoms with Gasteiger partial charge in [-0.2, -0.15) is 0 Å². The zero-order chi connectivity index (χ0) is 31.0. The number of nitro groups is 1. The number of hydrogen-bond donors (Lipinski definition) is 1. The molecule has 0 aliphatic rings. The van der Waals surface area contributed by atoms with Crippen molar-refractivity contribution in [3.8, 4) is 11.5 Å². The van der Waals surface area contributed by atoms with E-state index < -0.39 is 39.3 Å². The van der Waals surface area contributed by atoms with E-state index in [1.54, 1.807) is 38.1 Å². The molecule has 0 spiro atoms. The maximum atomic E-state index is 14.0. The second kappa shape index (κ2) is 13.8. The third-order valence-electron chi connectivity index (χ3n) is 6.61. The topological polar surface area (TPSA) is 148 Å². The van der Waals surface area contributed by atoms with E-state index in [9.17, 15) is 28.1 Å². The number of nitrogens with zero attached hydrogens (tertiary/aromatic N) is 3. The molecule has 0 fully saturated rings. The minimum absolute atomic E-state index is 0.0131. The highest BCUT2D eigenvalue weighted by atomic mass is 32.2. The Kier molecular flexibility index (Phi) is 10.5. The maximum Gasteiger partial charge on any atom is 0.273 e. The number of anilines is 1. The molecule has 0 saturated carbocycles. The molecule has 0 aliphatic heterocycles. The zero-order valence-corrected chi connectivity index (χ0v) is 24.9. The Bertz CT molecular complexity index is 1540. The Morgan fingerprint density at radius 1 is 1.00 bits per heavy atom. The second-order valence-corrected chi connectivity index (χ2v) is 11.2. The molecular weight excluding hydrogens is 564 g/mol. The fraction of sp³-hybridized carbons (Fsp3) is 0.310. The summed E-state index contributed by atoms with van der Waals surface area (Å²) in [5.41, 5.74) is 0.694. The molecule has 3 aromatic rings. The van der Waals surface area contributed by atoms with Crippen molar-refractivity contribution >= 4 is 33.2 Å². The molecule has 42 heavy (non-hydrogen) atoms. The lowest BCUT2D eigenvalue weighted by molar-refractivity contribution is -0.385. The van der Waals surface area contributed by atoms with Crippen LogP contribution in [-0.2, 0) is 26.2 Å². The van der Waals surface area contributed by atoms with E-state index in [4.69, 9.17) is 9.47 Å². The van der Waals surface area contributed by atoms with E-state index in [-0.39, 0.29) is 28.4 Å². The van der Waals surface area contributed by atoms with E-state index in [0.29, 0.717) is 23.6 Å². The van der Waals surface area contributed by atoms with Crippen LogP contribution in [0.2, 0.25) is 0 Å². The average Bonchev–Trinajstić information content (AvgIpc) is 2.98. The minimum atomic E-state index is -4.49. The van der Waals surface area contributed by atoms with Crippen LogP contribution in [0.25, 0.3) is 0 Å². The third-order valence-corrected chi connectivity index (χ3v) is 8.38. The van der Waals surface area contributed by atoms with Gasteiger partial charge in [-0.05, 0) is 68.8 Å². The number of nitro benzene ring substituents is 1. The second-order valence-electron chi connectivity index (χ2n) is 9.36. The molecular formula is C29H34N4O8S.